The Hall–Kier alpha value is -5.85. The van der Waals surface area contributed by atoms with E-state index in [1.54, 1.807) is 18.4 Å². The summed E-state index contributed by atoms with van der Waals surface area (Å²) in [6.45, 7) is 0. The van der Waals surface area contributed by atoms with E-state index in [-0.39, 0.29) is 0 Å². The number of methoxy groups -OCH3 is 1. The average Bonchev–Trinajstić information content (AvgIpc) is 3.67. The second-order valence-electron chi connectivity index (χ2n) is 11.3. The molecule has 3 heterocycles. The summed E-state index contributed by atoms with van der Waals surface area (Å²) in [5.74, 6) is 2.64. The highest BCUT2D eigenvalue weighted by Gasteiger charge is 2.22. The van der Waals surface area contributed by atoms with Crippen molar-refractivity contribution < 1.29 is 4.74 Å². The predicted octanol–water partition coefficient (Wildman–Crippen LogP) is 10.3. The first-order valence-electron chi connectivity index (χ1n) is 15.2. The summed E-state index contributed by atoms with van der Waals surface area (Å²) < 4.78 is 10.3. The van der Waals surface area contributed by atoms with Crippen LogP contribution >= 0.6 is 11.3 Å². The van der Waals surface area contributed by atoms with Crippen molar-refractivity contribution in [3.8, 4) is 45.6 Å². The Morgan fingerprint density at radius 3 is 1.80 bits per heavy atom. The third-order valence-electron chi connectivity index (χ3n) is 8.57. The first-order chi connectivity index (χ1) is 22.7. The average molecular weight is 611 g/mol. The molecule has 6 heteroatoms. The fourth-order valence-corrected chi connectivity index (χ4v) is 7.57. The quantitative estimate of drug-likeness (QED) is 0.195. The molecular weight excluding hydrogens is 585 g/mol. The molecule has 0 saturated carbocycles. The molecule has 9 rings (SSSR count). The SMILES string of the molecule is COc1ccc2c(c1)c1ccc3c4cc(-c5ccccc5)ccc4sc3c1n2-c1nc(-c2ccccc2)nc(-c2ccccc2)n1. The van der Waals surface area contributed by atoms with Crippen LogP contribution in [-0.2, 0) is 0 Å². The van der Waals surface area contributed by atoms with Crippen molar-refractivity contribution in [2.45, 2.75) is 0 Å². The molecule has 46 heavy (non-hydrogen) atoms. The van der Waals surface area contributed by atoms with Gasteiger partial charge in [-0.05, 0) is 41.5 Å². The van der Waals surface area contributed by atoms with Crippen LogP contribution in [0.1, 0.15) is 0 Å². The molecular formula is C40H26N4OS. The van der Waals surface area contributed by atoms with Gasteiger partial charge < -0.3 is 4.74 Å². The maximum Gasteiger partial charge on any atom is 0.238 e. The smallest absolute Gasteiger partial charge is 0.238 e. The summed E-state index contributed by atoms with van der Waals surface area (Å²) in [5.41, 5.74) is 6.37. The molecule has 0 fully saturated rings. The van der Waals surface area contributed by atoms with Crippen molar-refractivity contribution in [2.24, 2.45) is 0 Å². The zero-order chi connectivity index (χ0) is 30.6. The molecule has 0 aliphatic rings. The minimum atomic E-state index is 0.577. The number of benzene rings is 6. The van der Waals surface area contributed by atoms with E-state index in [1.165, 1.54) is 31.3 Å². The molecule has 0 spiro atoms. The number of thiophene rings is 1. The maximum atomic E-state index is 5.68. The lowest BCUT2D eigenvalue weighted by atomic mass is 10.0. The molecule has 0 N–H and O–H groups in total. The van der Waals surface area contributed by atoms with Crippen LogP contribution in [0.2, 0.25) is 0 Å². The molecule has 0 atom stereocenters. The van der Waals surface area contributed by atoms with E-state index in [0.29, 0.717) is 17.6 Å². The summed E-state index contributed by atoms with van der Waals surface area (Å²) in [6.07, 6.45) is 0. The Morgan fingerprint density at radius 1 is 0.522 bits per heavy atom. The van der Waals surface area contributed by atoms with Crippen LogP contribution in [0.4, 0.5) is 0 Å². The summed E-state index contributed by atoms with van der Waals surface area (Å²) in [5, 5.41) is 4.66. The second-order valence-corrected chi connectivity index (χ2v) is 12.3. The minimum Gasteiger partial charge on any atom is -0.497 e. The summed E-state index contributed by atoms with van der Waals surface area (Å²) in [6, 6.07) is 48.3. The van der Waals surface area contributed by atoms with Gasteiger partial charge in [-0.1, -0.05) is 109 Å². The van der Waals surface area contributed by atoms with Gasteiger partial charge >= 0.3 is 0 Å². The van der Waals surface area contributed by atoms with Gasteiger partial charge in [-0.3, -0.25) is 4.57 Å². The van der Waals surface area contributed by atoms with Crippen LogP contribution in [-0.4, -0.2) is 26.6 Å². The third kappa shape index (κ3) is 4.26. The molecule has 0 aliphatic carbocycles. The van der Waals surface area contributed by atoms with Crippen LogP contribution in [0, 0.1) is 0 Å². The number of fused-ring (bicyclic) bond motifs is 7. The minimum absolute atomic E-state index is 0.577. The summed E-state index contributed by atoms with van der Waals surface area (Å²) in [7, 11) is 1.71. The number of rotatable bonds is 5. The first-order valence-corrected chi connectivity index (χ1v) is 16.0. The van der Waals surface area contributed by atoms with Crippen molar-refractivity contribution in [3.05, 3.63) is 140 Å². The zero-order valence-electron chi connectivity index (χ0n) is 24.9. The third-order valence-corrected chi connectivity index (χ3v) is 9.76. The van der Waals surface area contributed by atoms with Gasteiger partial charge in [0.2, 0.25) is 5.95 Å². The summed E-state index contributed by atoms with van der Waals surface area (Å²) in [4.78, 5) is 15.2. The molecule has 0 radical (unpaired) electrons. The summed E-state index contributed by atoms with van der Waals surface area (Å²) >= 11 is 1.81. The van der Waals surface area contributed by atoms with Gasteiger partial charge in [0.05, 0.1) is 22.8 Å². The Labute approximate surface area is 269 Å². The Bertz CT molecular complexity index is 2500. The molecule has 0 amide bonds. The van der Waals surface area contributed by atoms with Crippen LogP contribution in [0.25, 0.3) is 81.8 Å². The lowest BCUT2D eigenvalue weighted by molar-refractivity contribution is 0.415. The molecule has 3 aromatic heterocycles. The van der Waals surface area contributed by atoms with E-state index in [2.05, 4.69) is 77.4 Å². The maximum absolute atomic E-state index is 5.68. The molecule has 0 unspecified atom stereocenters. The number of hydrogen-bond acceptors (Lipinski definition) is 5. The number of nitrogens with zero attached hydrogens (tertiary/aromatic N) is 4. The zero-order valence-corrected chi connectivity index (χ0v) is 25.7. The number of hydrogen-bond donors (Lipinski definition) is 0. The van der Waals surface area contributed by atoms with Gasteiger partial charge in [-0.2, -0.15) is 9.97 Å². The second kappa shape index (κ2) is 10.6. The lowest BCUT2D eigenvalue weighted by Gasteiger charge is -2.11. The fourth-order valence-electron chi connectivity index (χ4n) is 6.35. The molecule has 0 saturated heterocycles. The monoisotopic (exact) mass is 610 g/mol. The van der Waals surface area contributed by atoms with Gasteiger partial charge in [-0.25, -0.2) is 4.98 Å². The molecule has 0 bridgehead atoms. The molecule has 5 nitrogen and oxygen atoms in total. The highest BCUT2D eigenvalue weighted by Crippen LogP contribution is 2.44. The number of ether oxygens (including phenoxy) is 1. The van der Waals surface area contributed by atoms with Crippen LogP contribution in [0.5, 0.6) is 5.75 Å². The van der Waals surface area contributed by atoms with Crippen molar-refractivity contribution >= 4 is 53.3 Å². The fraction of sp³-hybridized carbons (Fsp3) is 0.0250. The Kier molecular flexibility index (Phi) is 6.14. The van der Waals surface area contributed by atoms with Crippen LogP contribution in [0.3, 0.4) is 0 Å². The lowest BCUT2D eigenvalue weighted by Crippen LogP contribution is -2.06. The topological polar surface area (TPSA) is 52.8 Å². The van der Waals surface area contributed by atoms with Crippen molar-refractivity contribution in [2.75, 3.05) is 7.11 Å². The standard InChI is InChI=1S/C40H26N4OS/c1-45-29-18-21-34-32(24-29)30-19-20-31-33-23-28(25-11-5-2-6-12-25)17-22-35(33)46-37(31)36(30)44(34)40-42-38(26-13-7-3-8-14-26)41-39(43-40)27-15-9-4-10-16-27/h2-24H,1H3. The Balaban J connectivity index is 1.38. The van der Waals surface area contributed by atoms with E-state index in [9.17, 15) is 0 Å². The van der Waals surface area contributed by atoms with Gasteiger partial charge in [0.15, 0.2) is 11.6 Å². The molecule has 6 aromatic carbocycles. The van der Waals surface area contributed by atoms with Crippen LogP contribution < -0.4 is 4.74 Å². The van der Waals surface area contributed by atoms with Gasteiger partial charge in [-0.15, -0.1) is 11.3 Å². The van der Waals surface area contributed by atoms with E-state index < -0.39 is 0 Å². The van der Waals surface area contributed by atoms with E-state index in [0.717, 1.165) is 38.7 Å². The normalized spacial score (nSPS) is 11.6. The van der Waals surface area contributed by atoms with E-state index in [4.69, 9.17) is 19.7 Å². The molecule has 9 aromatic rings. The predicted molar refractivity (Wildman–Crippen MR) is 190 cm³/mol. The molecule has 218 valence electrons. The van der Waals surface area contributed by atoms with Gasteiger partial charge in [0, 0.05) is 37.4 Å². The first kappa shape index (κ1) is 26.5. The van der Waals surface area contributed by atoms with E-state index in [1.807, 2.05) is 66.7 Å². The van der Waals surface area contributed by atoms with Gasteiger partial charge in [0.25, 0.3) is 0 Å². The van der Waals surface area contributed by atoms with E-state index >= 15 is 0 Å². The van der Waals surface area contributed by atoms with Crippen molar-refractivity contribution in [3.63, 3.8) is 0 Å². The highest BCUT2D eigenvalue weighted by molar-refractivity contribution is 7.26. The largest absolute Gasteiger partial charge is 0.497 e. The van der Waals surface area contributed by atoms with Crippen LogP contribution in [0.15, 0.2) is 140 Å². The van der Waals surface area contributed by atoms with Gasteiger partial charge in [0.1, 0.15) is 5.75 Å². The Morgan fingerprint density at radius 2 is 1.15 bits per heavy atom. The van der Waals surface area contributed by atoms with Crippen molar-refractivity contribution in [1.82, 2.24) is 19.5 Å². The number of aromatic nitrogens is 4. The highest BCUT2D eigenvalue weighted by atomic mass is 32.1. The van der Waals surface area contributed by atoms with Crippen molar-refractivity contribution in [1.29, 1.82) is 0 Å². The molecule has 0 aliphatic heterocycles.